The van der Waals surface area contributed by atoms with E-state index in [1.54, 1.807) is 0 Å². The Morgan fingerprint density at radius 1 is 1.04 bits per heavy atom. The van der Waals surface area contributed by atoms with E-state index >= 15 is 0 Å². The van der Waals surface area contributed by atoms with Gasteiger partial charge in [-0.05, 0) is 36.6 Å². The summed E-state index contributed by atoms with van der Waals surface area (Å²) in [6.45, 7) is 4.58. The maximum absolute atomic E-state index is 12.6. The predicted molar refractivity (Wildman–Crippen MR) is 107 cm³/mol. The van der Waals surface area contributed by atoms with E-state index in [0.29, 0.717) is 6.42 Å². The van der Waals surface area contributed by atoms with Crippen LogP contribution >= 0.6 is 0 Å². The molecule has 0 aliphatic carbocycles. The van der Waals surface area contributed by atoms with Gasteiger partial charge in [-0.15, -0.1) is 0 Å². The average Bonchev–Trinajstić information content (AvgIpc) is 3.13. The van der Waals surface area contributed by atoms with Crippen LogP contribution in [-0.4, -0.2) is 18.4 Å². The number of hydrogen-bond donors (Lipinski definition) is 2. The van der Waals surface area contributed by atoms with E-state index in [1.807, 2.05) is 73.3 Å². The van der Waals surface area contributed by atoms with Crippen LogP contribution in [0.3, 0.4) is 0 Å². The molecule has 2 aromatic rings. The zero-order chi connectivity index (χ0) is 19.4. The van der Waals surface area contributed by atoms with Gasteiger partial charge in [0, 0.05) is 24.7 Å². The molecule has 5 nitrogen and oxygen atoms in total. The van der Waals surface area contributed by atoms with Gasteiger partial charge >= 0.3 is 0 Å². The Hall–Kier alpha value is -2.66. The van der Waals surface area contributed by atoms with E-state index in [2.05, 4.69) is 5.32 Å². The molecule has 1 aliphatic rings. The van der Waals surface area contributed by atoms with Crippen LogP contribution in [0.5, 0.6) is 0 Å². The van der Waals surface area contributed by atoms with E-state index in [4.69, 9.17) is 5.73 Å². The standard InChI is InChI=1S/C22H27N3O2/c1-15(21(23)18-7-4-3-5-8-18)22(27)24-16(2)17-10-12-19(13-11-17)25-14-6-9-20(25)26/h3-5,7-8,10-13,15-16,21H,6,9,14,23H2,1-2H3,(H,24,27). The third-order valence-electron chi connectivity index (χ3n) is 5.27. The van der Waals surface area contributed by atoms with Crippen molar-refractivity contribution in [1.82, 2.24) is 5.32 Å². The highest BCUT2D eigenvalue weighted by Gasteiger charge is 2.24. The van der Waals surface area contributed by atoms with Gasteiger partial charge in [0.2, 0.25) is 11.8 Å². The molecular formula is C22H27N3O2. The van der Waals surface area contributed by atoms with Gasteiger partial charge in [0.1, 0.15) is 0 Å². The Labute approximate surface area is 160 Å². The fraction of sp³-hybridized carbons (Fsp3) is 0.364. The summed E-state index contributed by atoms with van der Waals surface area (Å²) in [4.78, 5) is 26.3. The van der Waals surface area contributed by atoms with Gasteiger partial charge in [-0.1, -0.05) is 49.4 Å². The molecule has 3 rings (SSSR count). The van der Waals surface area contributed by atoms with Crippen molar-refractivity contribution in [3.05, 3.63) is 65.7 Å². The lowest BCUT2D eigenvalue weighted by atomic mass is 9.94. The van der Waals surface area contributed by atoms with Gasteiger partial charge in [0.15, 0.2) is 0 Å². The van der Waals surface area contributed by atoms with Crippen molar-refractivity contribution in [3.8, 4) is 0 Å². The second-order valence-corrected chi connectivity index (χ2v) is 7.20. The SMILES string of the molecule is CC(NC(=O)C(C)C(N)c1ccccc1)c1ccc(N2CCCC2=O)cc1. The molecule has 1 fully saturated rings. The number of hydrogen-bond acceptors (Lipinski definition) is 3. The first-order valence-corrected chi connectivity index (χ1v) is 9.48. The van der Waals surface area contributed by atoms with E-state index in [-0.39, 0.29) is 29.8 Å². The quantitative estimate of drug-likeness (QED) is 0.824. The van der Waals surface area contributed by atoms with E-state index < -0.39 is 0 Å². The first kappa shape index (κ1) is 19.1. The minimum atomic E-state index is -0.345. The van der Waals surface area contributed by atoms with Crippen LogP contribution in [-0.2, 0) is 9.59 Å². The third kappa shape index (κ3) is 4.37. The number of carbonyl (C=O) groups is 2. The Balaban J connectivity index is 1.61. The average molecular weight is 365 g/mol. The van der Waals surface area contributed by atoms with Gasteiger partial charge in [-0.2, -0.15) is 0 Å². The van der Waals surface area contributed by atoms with E-state index in [1.165, 1.54) is 0 Å². The largest absolute Gasteiger partial charge is 0.349 e. The second-order valence-electron chi connectivity index (χ2n) is 7.20. The van der Waals surface area contributed by atoms with Gasteiger partial charge < -0.3 is 16.0 Å². The molecular weight excluding hydrogens is 338 g/mol. The van der Waals surface area contributed by atoms with Crippen molar-refractivity contribution in [3.63, 3.8) is 0 Å². The summed E-state index contributed by atoms with van der Waals surface area (Å²) in [5.41, 5.74) is 9.12. The summed E-state index contributed by atoms with van der Waals surface area (Å²) >= 11 is 0. The topological polar surface area (TPSA) is 75.4 Å². The van der Waals surface area contributed by atoms with Crippen molar-refractivity contribution >= 4 is 17.5 Å². The van der Waals surface area contributed by atoms with Crippen LogP contribution in [0.15, 0.2) is 54.6 Å². The maximum atomic E-state index is 12.6. The van der Waals surface area contributed by atoms with Crippen molar-refractivity contribution in [2.45, 2.75) is 38.8 Å². The van der Waals surface area contributed by atoms with Crippen molar-refractivity contribution in [2.75, 3.05) is 11.4 Å². The summed E-state index contributed by atoms with van der Waals surface area (Å²) in [6, 6.07) is 17.0. The number of nitrogens with zero attached hydrogens (tertiary/aromatic N) is 1. The number of benzene rings is 2. The molecule has 2 aromatic carbocycles. The number of nitrogens with one attached hydrogen (secondary N) is 1. The lowest BCUT2D eigenvalue weighted by Crippen LogP contribution is -2.36. The molecule has 0 spiro atoms. The molecule has 27 heavy (non-hydrogen) atoms. The molecule has 3 N–H and O–H groups in total. The smallest absolute Gasteiger partial charge is 0.227 e. The van der Waals surface area contributed by atoms with Crippen LogP contribution < -0.4 is 16.0 Å². The molecule has 142 valence electrons. The fourth-order valence-corrected chi connectivity index (χ4v) is 3.42. The highest BCUT2D eigenvalue weighted by atomic mass is 16.2. The lowest BCUT2D eigenvalue weighted by molar-refractivity contribution is -0.125. The molecule has 1 aliphatic heterocycles. The Kier molecular flexibility index (Phi) is 5.91. The first-order valence-electron chi connectivity index (χ1n) is 9.48. The predicted octanol–water partition coefficient (Wildman–Crippen LogP) is 3.33. The van der Waals surface area contributed by atoms with Gasteiger partial charge in [0.25, 0.3) is 0 Å². The third-order valence-corrected chi connectivity index (χ3v) is 5.27. The van der Waals surface area contributed by atoms with Crippen molar-refractivity contribution in [2.24, 2.45) is 11.7 Å². The molecule has 3 unspecified atom stereocenters. The Morgan fingerprint density at radius 3 is 2.30 bits per heavy atom. The minimum absolute atomic E-state index is 0.0716. The summed E-state index contributed by atoms with van der Waals surface area (Å²) in [7, 11) is 0. The minimum Gasteiger partial charge on any atom is -0.349 e. The van der Waals surface area contributed by atoms with E-state index in [0.717, 1.165) is 29.8 Å². The van der Waals surface area contributed by atoms with Crippen molar-refractivity contribution in [1.29, 1.82) is 0 Å². The molecule has 0 saturated carbocycles. The molecule has 0 aromatic heterocycles. The molecule has 1 heterocycles. The molecule has 2 amide bonds. The van der Waals surface area contributed by atoms with Gasteiger partial charge in [-0.3, -0.25) is 9.59 Å². The summed E-state index contributed by atoms with van der Waals surface area (Å²) < 4.78 is 0. The number of carbonyl (C=O) groups excluding carboxylic acids is 2. The first-order chi connectivity index (χ1) is 13.0. The summed E-state index contributed by atoms with van der Waals surface area (Å²) in [6.07, 6.45) is 1.53. The van der Waals surface area contributed by atoms with E-state index in [9.17, 15) is 9.59 Å². The molecule has 1 saturated heterocycles. The lowest BCUT2D eigenvalue weighted by Gasteiger charge is -2.23. The molecule has 0 bridgehead atoms. The van der Waals surface area contributed by atoms with Crippen LogP contribution in [0.4, 0.5) is 5.69 Å². The second kappa shape index (κ2) is 8.35. The zero-order valence-electron chi connectivity index (χ0n) is 15.9. The highest BCUT2D eigenvalue weighted by molar-refractivity contribution is 5.95. The van der Waals surface area contributed by atoms with Gasteiger partial charge in [0.05, 0.1) is 12.0 Å². The number of nitrogens with two attached hydrogens (primary N) is 1. The van der Waals surface area contributed by atoms with Crippen LogP contribution in [0.2, 0.25) is 0 Å². The summed E-state index contributed by atoms with van der Waals surface area (Å²) in [5.74, 6) is -0.234. The van der Waals surface area contributed by atoms with Crippen LogP contribution in [0.1, 0.15) is 49.9 Å². The van der Waals surface area contributed by atoms with Gasteiger partial charge in [-0.25, -0.2) is 0 Å². The highest BCUT2D eigenvalue weighted by Crippen LogP contribution is 2.24. The normalized spacial score (nSPS) is 17.4. The summed E-state index contributed by atoms with van der Waals surface area (Å²) in [5, 5.41) is 3.04. The van der Waals surface area contributed by atoms with Crippen LogP contribution in [0, 0.1) is 5.92 Å². The van der Waals surface area contributed by atoms with Crippen LogP contribution in [0.25, 0.3) is 0 Å². The Bertz CT molecular complexity index is 789. The number of rotatable bonds is 6. The Morgan fingerprint density at radius 2 is 1.70 bits per heavy atom. The fourth-order valence-electron chi connectivity index (χ4n) is 3.42. The number of anilines is 1. The van der Waals surface area contributed by atoms with Crippen molar-refractivity contribution < 1.29 is 9.59 Å². The maximum Gasteiger partial charge on any atom is 0.227 e. The molecule has 0 radical (unpaired) electrons. The molecule has 3 atom stereocenters. The molecule has 5 heteroatoms. The monoisotopic (exact) mass is 365 g/mol. The number of amides is 2. The zero-order valence-corrected chi connectivity index (χ0v) is 15.9.